The Bertz CT molecular complexity index is 1340. The number of hydrogen-bond acceptors (Lipinski definition) is 7. The lowest BCUT2D eigenvalue weighted by molar-refractivity contribution is -0.138. The Balaban J connectivity index is 1.29. The molecule has 1 aliphatic carbocycles. The molecule has 1 aromatic rings. The number of amides is 2. The van der Waals surface area contributed by atoms with E-state index in [0.717, 1.165) is 11.1 Å². The minimum atomic E-state index is -4.14. The van der Waals surface area contributed by atoms with Gasteiger partial charge in [-0.05, 0) is 87.5 Å². The highest BCUT2D eigenvalue weighted by molar-refractivity contribution is 7.89. The van der Waals surface area contributed by atoms with Crippen LogP contribution in [0.25, 0.3) is 0 Å². The molecule has 0 radical (unpaired) electrons. The van der Waals surface area contributed by atoms with E-state index in [1.165, 1.54) is 11.2 Å². The third-order valence-electron chi connectivity index (χ3n) is 9.35. The van der Waals surface area contributed by atoms with Crippen molar-refractivity contribution in [3.8, 4) is 0 Å². The number of ether oxygens (including phenoxy) is 1. The third-order valence-corrected chi connectivity index (χ3v) is 11.2. The van der Waals surface area contributed by atoms with E-state index in [1.807, 2.05) is 19.1 Å². The molecule has 1 saturated carbocycles. The average molecular weight is 659 g/mol. The number of amidine groups is 1. The van der Waals surface area contributed by atoms with E-state index in [2.05, 4.69) is 5.32 Å². The lowest BCUT2D eigenvalue weighted by Crippen LogP contribution is -2.51. The average Bonchev–Trinajstić information content (AvgIpc) is 3.30. The first-order valence-electron chi connectivity index (χ1n) is 15.7. The SMILES string of the molecule is CC(=O)N(CCOCCO)c1ccc(CCS(=O)(=O)N2CCC3(CC2)N=C(C2CCC(CCC(F)(F)F)CC2)NC3=O)c(C)c1. The molecular weight excluding hydrogens is 613 g/mol. The first kappa shape index (κ1) is 35.3. The zero-order valence-corrected chi connectivity index (χ0v) is 26.9. The van der Waals surface area contributed by atoms with Crippen LogP contribution < -0.4 is 10.2 Å². The number of nitrogens with zero attached hydrogens (tertiary/aromatic N) is 3. The highest BCUT2D eigenvalue weighted by Crippen LogP contribution is 2.38. The predicted octanol–water partition coefficient (Wildman–Crippen LogP) is 3.74. The summed E-state index contributed by atoms with van der Waals surface area (Å²) < 4.78 is 71.1. The second-order valence-corrected chi connectivity index (χ2v) is 14.5. The van der Waals surface area contributed by atoms with Crippen molar-refractivity contribution >= 4 is 33.4 Å². The number of sulfonamides is 1. The van der Waals surface area contributed by atoms with Crippen molar-refractivity contribution in [1.82, 2.24) is 9.62 Å². The fourth-order valence-electron chi connectivity index (χ4n) is 6.59. The van der Waals surface area contributed by atoms with Crippen molar-refractivity contribution in [3.05, 3.63) is 29.3 Å². The van der Waals surface area contributed by atoms with Gasteiger partial charge in [-0.2, -0.15) is 13.2 Å². The Hall–Kier alpha value is -2.55. The van der Waals surface area contributed by atoms with Gasteiger partial charge in [-0.3, -0.25) is 14.6 Å². The topological polar surface area (TPSA) is 129 Å². The minimum Gasteiger partial charge on any atom is -0.394 e. The second-order valence-electron chi connectivity index (χ2n) is 12.4. The number of aryl methyl sites for hydroxylation is 2. The molecule has 2 aliphatic heterocycles. The Morgan fingerprint density at radius 2 is 1.87 bits per heavy atom. The van der Waals surface area contributed by atoms with Crippen LogP contribution >= 0.6 is 0 Å². The molecule has 4 rings (SSSR count). The van der Waals surface area contributed by atoms with Gasteiger partial charge in [-0.25, -0.2) is 12.7 Å². The molecule has 45 heavy (non-hydrogen) atoms. The summed E-state index contributed by atoms with van der Waals surface area (Å²) >= 11 is 0. The molecule has 1 aromatic carbocycles. The molecule has 2 amide bonds. The summed E-state index contributed by atoms with van der Waals surface area (Å²) in [4.78, 5) is 31.6. The molecule has 2 N–H and O–H groups in total. The van der Waals surface area contributed by atoms with Crippen molar-refractivity contribution in [2.45, 2.75) is 83.4 Å². The standard InChI is InChI=1S/C31H45F3N4O6S/c1-22-21-27(38(23(2)40)16-18-44-19-17-39)8-7-25(22)10-20-45(42,43)37-14-12-30(13-15-37)29(41)35-28(36-30)26-5-3-24(4-6-26)9-11-31(32,33)34/h7-8,21,24,26,39H,3-6,9-20H2,1-2H3,(H,35,36,41). The van der Waals surface area contributed by atoms with Gasteiger partial charge in [0.25, 0.3) is 5.91 Å². The summed E-state index contributed by atoms with van der Waals surface area (Å²) in [6.07, 6.45) is -1.21. The van der Waals surface area contributed by atoms with Gasteiger partial charge in [0.2, 0.25) is 15.9 Å². The van der Waals surface area contributed by atoms with E-state index in [4.69, 9.17) is 14.8 Å². The molecule has 0 aromatic heterocycles. The molecule has 14 heteroatoms. The maximum Gasteiger partial charge on any atom is 0.389 e. The number of piperidine rings is 1. The monoisotopic (exact) mass is 658 g/mol. The van der Waals surface area contributed by atoms with Crippen molar-refractivity contribution < 1.29 is 41.0 Å². The third kappa shape index (κ3) is 9.26. The van der Waals surface area contributed by atoms with Gasteiger partial charge in [0, 0.05) is 44.6 Å². The van der Waals surface area contributed by atoms with Gasteiger partial charge in [-0.15, -0.1) is 0 Å². The molecule has 0 bridgehead atoms. The summed E-state index contributed by atoms with van der Waals surface area (Å²) in [6.45, 7) is 4.40. The first-order chi connectivity index (χ1) is 21.2. The Labute approximate surface area is 263 Å². The first-order valence-corrected chi connectivity index (χ1v) is 17.4. The van der Waals surface area contributed by atoms with Gasteiger partial charge in [0.05, 0.1) is 25.6 Å². The maximum atomic E-state index is 13.3. The summed E-state index contributed by atoms with van der Waals surface area (Å²) in [6, 6.07) is 5.47. The summed E-state index contributed by atoms with van der Waals surface area (Å²) in [5, 5.41) is 11.8. The summed E-state index contributed by atoms with van der Waals surface area (Å²) in [5.74, 6) is 0.176. The molecule has 10 nitrogen and oxygen atoms in total. The van der Waals surface area contributed by atoms with Crippen LogP contribution in [0.5, 0.6) is 0 Å². The molecule has 0 atom stereocenters. The van der Waals surface area contributed by atoms with Crippen LogP contribution in [0.15, 0.2) is 23.2 Å². The quantitative estimate of drug-likeness (QED) is 0.311. The number of aliphatic imine (C=N–C) groups is 1. The second kappa shape index (κ2) is 14.9. The number of nitrogens with one attached hydrogen (secondary N) is 1. The van der Waals surface area contributed by atoms with E-state index in [9.17, 15) is 31.2 Å². The Morgan fingerprint density at radius 1 is 1.18 bits per heavy atom. The van der Waals surface area contributed by atoms with Crippen LogP contribution in [0.4, 0.5) is 18.9 Å². The lowest BCUT2D eigenvalue weighted by Gasteiger charge is -2.34. The van der Waals surface area contributed by atoms with Crippen molar-refractivity contribution in [2.24, 2.45) is 16.8 Å². The Morgan fingerprint density at radius 3 is 2.47 bits per heavy atom. The zero-order valence-electron chi connectivity index (χ0n) is 26.1. The largest absolute Gasteiger partial charge is 0.394 e. The number of rotatable bonds is 13. The number of aliphatic hydroxyl groups is 1. The van der Waals surface area contributed by atoms with E-state index in [1.54, 1.807) is 11.0 Å². The van der Waals surface area contributed by atoms with Crippen LogP contribution in [0.1, 0.15) is 69.4 Å². The van der Waals surface area contributed by atoms with E-state index in [0.29, 0.717) is 50.2 Å². The van der Waals surface area contributed by atoms with Crippen LogP contribution in [-0.4, -0.2) is 92.4 Å². The fourth-order valence-corrected chi connectivity index (χ4v) is 8.06. The van der Waals surface area contributed by atoms with Crippen LogP contribution in [0.2, 0.25) is 0 Å². The number of halogens is 3. The van der Waals surface area contributed by atoms with Crippen molar-refractivity contribution in [1.29, 1.82) is 0 Å². The molecule has 0 unspecified atom stereocenters. The van der Waals surface area contributed by atoms with E-state index in [-0.39, 0.29) is 81.6 Å². The number of hydrogen-bond donors (Lipinski definition) is 2. The van der Waals surface area contributed by atoms with Gasteiger partial charge in [0.15, 0.2) is 0 Å². The normalized spacial score (nSPS) is 22.4. The summed E-state index contributed by atoms with van der Waals surface area (Å²) in [5.41, 5.74) is 1.41. The molecule has 2 heterocycles. The number of aliphatic hydroxyl groups excluding tert-OH is 1. The van der Waals surface area contributed by atoms with Crippen LogP contribution in [0.3, 0.4) is 0 Å². The number of anilines is 1. The van der Waals surface area contributed by atoms with E-state index < -0.39 is 28.2 Å². The predicted molar refractivity (Wildman–Crippen MR) is 164 cm³/mol. The number of benzene rings is 1. The van der Waals surface area contributed by atoms with E-state index >= 15 is 0 Å². The smallest absolute Gasteiger partial charge is 0.389 e. The van der Waals surface area contributed by atoms with Crippen molar-refractivity contribution in [3.63, 3.8) is 0 Å². The number of carbonyl (C=O) groups excluding carboxylic acids is 2. The van der Waals surface area contributed by atoms with Gasteiger partial charge >= 0.3 is 6.18 Å². The molecule has 2 fully saturated rings. The molecule has 1 saturated heterocycles. The molecular formula is C31H45F3N4O6S. The highest BCUT2D eigenvalue weighted by atomic mass is 32.2. The molecule has 3 aliphatic rings. The van der Waals surface area contributed by atoms with Gasteiger partial charge < -0.3 is 20.1 Å². The lowest BCUT2D eigenvalue weighted by atomic mass is 9.79. The highest BCUT2D eigenvalue weighted by Gasteiger charge is 2.48. The zero-order chi connectivity index (χ0) is 32.8. The minimum absolute atomic E-state index is 0.00831. The molecule has 1 spiro atoms. The van der Waals surface area contributed by atoms with Gasteiger partial charge in [0.1, 0.15) is 11.4 Å². The number of alkyl halides is 3. The number of carbonyl (C=O) groups is 2. The maximum absolute atomic E-state index is 13.3. The van der Waals surface area contributed by atoms with Crippen molar-refractivity contribution in [2.75, 3.05) is 50.1 Å². The van der Waals surface area contributed by atoms with Crippen LogP contribution in [0, 0.1) is 18.8 Å². The molecule has 252 valence electrons. The summed E-state index contributed by atoms with van der Waals surface area (Å²) in [7, 11) is -3.60. The fraction of sp³-hybridized carbons (Fsp3) is 0.710. The van der Waals surface area contributed by atoms with Gasteiger partial charge in [-0.1, -0.05) is 6.07 Å². The Kier molecular flexibility index (Phi) is 11.7. The van der Waals surface area contributed by atoms with Crippen LogP contribution in [-0.2, 0) is 30.8 Å².